The molecule has 0 bridgehead atoms. The van der Waals surface area contributed by atoms with Crippen LogP contribution in [0.2, 0.25) is 0 Å². The average molecular weight is 198 g/mol. The molecule has 0 heterocycles. The minimum absolute atomic E-state index is 0.365. The minimum Gasteiger partial charge on any atom is -0.481 e. The normalized spacial score (nSPS) is 7.92. The van der Waals surface area contributed by atoms with Gasteiger partial charge in [-0.3, -0.25) is 4.79 Å². The number of hydrogen-bond acceptors (Lipinski definition) is 5. The number of hydrogen-bond donors (Lipinski definition) is 4. The molecule has 0 saturated heterocycles. The van der Waals surface area contributed by atoms with E-state index in [1.807, 2.05) is 0 Å². The lowest BCUT2D eigenvalue weighted by Gasteiger charge is -1.96. The minimum atomic E-state index is -0.954. The van der Waals surface area contributed by atoms with Gasteiger partial charge in [0.1, 0.15) is 6.10 Å². The lowest BCUT2D eigenvalue weighted by molar-refractivity contribution is -0.134. The summed E-state index contributed by atoms with van der Waals surface area (Å²) in [4.78, 5) is 9.00. The summed E-state index contributed by atoms with van der Waals surface area (Å²) in [6.45, 7) is 0.354. The number of carbonyl (C=O) groups is 1. The van der Waals surface area contributed by atoms with Crippen molar-refractivity contribution < 1.29 is 30.0 Å². The van der Waals surface area contributed by atoms with Crippen molar-refractivity contribution in [1.82, 2.24) is 0 Å². The van der Waals surface area contributed by atoms with Gasteiger partial charge in [0, 0.05) is 21.1 Å². The molecule has 0 aromatic heterocycles. The molecule has 0 rings (SSSR count). The molecule has 0 aromatic rings. The first-order chi connectivity index (χ1) is 5.95. The van der Waals surface area contributed by atoms with E-state index in [0.717, 1.165) is 6.92 Å². The molecule has 0 spiro atoms. The molecule has 0 amide bonds. The van der Waals surface area contributed by atoms with E-state index in [0.29, 0.717) is 0 Å². The summed E-state index contributed by atoms with van der Waals surface area (Å²) in [6, 6.07) is 0. The van der Waals surface area contributed by atoms with Crippen molar-refractivity contribution in [2.24, 2.45) is 0 Å². The van der Waals surface area contributed by atoms with Crippen LogP contribution in [0.25, 0.3) is 0 Å². The van der Waals surface area contributed by atoms with Crippen LogP contribution in [0, 0.1) is 0 Å². The van der Waals surface area contributed by atoms with Gasteiger partial charge in [-0.25, -0.2) is 0 Å². The summed E-state index contributed by atoms with van der Waals surface area (Å²) >= 11 is 0. The summed E-state index contributed by atoms with van der Waals surface area (Å²) < 4.78 is 4.25. The van der Waals surface area contributed by atoms with E-state index in [4.69, 9.17) is 25.2 Å². The molecule has 6 nitrogen and oxygen atoms in total. The Hall–Kier alpha value is -0.690. The van der Waals surface area contributed by atoms with E-state index in [2.05, 4.69) is 4.74 Å². The predicted octanol–water partition coefficient (Wildman–Crippen LogP) is -1.31. The van der Waals surface area contributed by atoms with Crippen LogP contribution in [0.1, 0.15) is 6.92 Å². The standard InChI is InChI=1S/C3H8O3.C2H4O2.C2H6O/c4-1-3(6)2-5;1-2(3)4;1-3-2/h3-6H,1-2H2;1H3,(H,3,4);1-2H3. The fourth-order valence-corrected chi connectivity index (χ4v) is 0.0577. The molecule has 0 aliphatic rings. The SMILES string of the molecule is CC(=O)O.COC.OCC(O)CO. The van der Waals surface area contributed by atoms with Gasteiger partial charge in [-0.15, -0.1) is 0 Å². The molecular formula is C7H18O6. The summed E-state index contributed by atoms with van der Waals surface area (Å²) in [7, 11) is 3.25. The molecule has 0 aromatic carbocycles. The second-order valence-electron chi connectivity index (χ2n) is 1.95. The molecule has 0 radical (unpaired) electrons. The third kappa shape index (κ3) is 89.5. The lowest BCUT2D eigenvalue weighted by Crippen LogP contribution is -2.15. The van der Waals surface area contributed by atoms with Gasteiger partial charge in [0.05, 0.1) is 13.2 Å². The molecule has 0 aliphatic heterocycles. The number of carboxylic acids is 1. The number of methoxy groups -OCH3 is 1. The van der Waals surface area contributed by atoms with Crippen LogP contribution >= 0.6 is 0 Å². The van der Waals surface area contributed by atoms with Crippen LogP contribution < -0.4 is 0 Å². The molecule has 0 saturated carbocycles. The van der Waals surface area contributed by atoms with E-state index in [-0.39, 0.29) is 13.2 Å². The number of rotatable bonds is 2. The Labute approximate surface area is 77.4 Å². The highest BCUT2D eigenvalue weighted by atomic mass is 16.4. The Morgan fingerprint density at radius 1 is 1.31 bits per heavy atom. The predicted molar refractivity (Wildman–Crippen MR) is 46.4 cm³/mol. The van der Waals surface area contributed by atoms with Gasteiger partial charge in [-0.2, -0.15) is 0 Å². The second-order valence-corrected chi connectivity index (χ2v) is 1.95. The highest BCUT2D eigenvalue weighted by molar-refractivity contribution is 5.62. The summed E-state index contributed by atoms with van der Waals surface area (Å²) in [6.07, 6.45) is -0.954. The van der Waals surface area contributed by atoms with Gasteiger partial charge >= 0.3 is 0 Å². The number of ether oxygens (including phenoxy) is 1. The van der Waals surface area contributed by atoms with Crippen LogP contribution in [0.5, 0.6) is 0 Å². The Kier molecular flexibility index (Phi) is 24.3. The van der Waals surface area contributed by atoms with E-state index >= 15 is 0 Å². The molecule has 4 N–H and O–H groups in total. The Morgan fingerprint density at radius 2 is 1.46 bits per heavy atom. The molecular weight excluding hydrogens is 180 g/mol. The van der Waals surface area contributed by atoms with Crippen molar-refractivity contribution in [3.63, 3.8) is 0 Å². The van der Waals surface area contributed by atoms with Crippen LogP contribution in [0.15, 0.2) is 0 Å². The maximum Gasteiger partial charge on any atom is 0.300 e. The van der Waals surface area contributed by atoms with Crippen LogP contribution in [0.3, 0.4) is 0 Å². The molecule has 0 unspecified atom stereocenters. The number of carboxylic acid groups (broad SMARTS) is 1. The topological polar surface area (TPSA) is 107 Å². The number of aliphatic carboxylic acids is 1. The quantitative estimate of drug-likeness (QED) is 0.438. The Balaban J connectivity index is -0.000000125. The van der Waals surface area contributed by atoms with Gasteiger partial charge in [-0.05, 0) is 0 Å². The van der Waals surface area contributed by atoms with Gasteiger partial charge in [0.2, 0.25) is 0 Å². The van der Waals surface area contributed by atoms with Crippen LogP contribution in [0.4, 0.5) is 0 Å². The van der Waals surface area contributed by atoms with E-state index < -0.39 is 12.1 Å². The maximum absolute atomic E-state index is 9.00. The van der Waals surface area contributed by atoms with Gasteiger partial charge in [-0.1, -0.05) is 0 Å². The molecule has 0 fully saturated rings. The van der Waals surface area contributed by atoms with Crippen molar-refractivity contribution in [3.8, 4) is 0 Å². The van der Waals surface area contributed by atoms with Crippen LogP contribution in [-0.2, 0) is 9.53 Å². The summed E-state index contributed by atoms with van der Waals surface area (Å²) in [5, 5.41) is 31.4. The van der Waals surface area contributed by atoms with Crippen molar-refractivity contribution in [1.29, 1.82) is 0 Å². The first-order valence-electron chi connectivity index (χ1n) is 3.45. The van der Waals surface area contributed by atoms with Crippen LogP contribution in [-0.4, -0.2) is 59.9 Å². The van der Waals surface area contributed by atoms with Crippen molar-refractivity contribution in [2.45, 2.75) is 13.0 Å². The molecule has 82 valence electrons. The zero-order valence-electron chi connectivity index (χ0n) is 8.10. The Morgan fingerprint density at radius 3 is 1.46 bits per heavy atom. The number of aliphatic hydroxyl groups is 3. The first-order valence-corrected chi connectivity index (χ1v) is 3.45. The Bertz CT molecular complexity index is 87.0. The largest absolute Gasteiger partial charge is 0.481 e. The van der Waals surface area contributed by atoms with E-state index in [9.17, 15) is 0 Å². The average Bonchev–Trinajstić information content (AvgIpc) is 2.03. The van der Waals surface area contributed by atoms with Gasteiger partial charge in [0.15, 0.2) is 0 Å². The molecule has 13 heavy (non-hydrogen) atoms. The molecule has 0 aliphatic carbocycles. The van der Waals surface area contributed by atoms with E-state index in [1.165, 1.54) is 0 Å². The fourth-order valence-electron chi connectivity index (χ4n) is 0.0577. The van der Waals surface area contributed by atoms with E-state index in [1.54, 1.807) is 14.2 Å². The third-order valence-corrected chi connectivity index (χ3v) is 0.421. The fraction of sp³-hybridized carbons (Fsp3) is 0.857. The van der Waals surface area contributed by atoms with Crippen molar-refractivity contribution in [2.75, 3.05) is 27.4 Å². The smallest absolute Gasteiger partial charge is 0.300 e. The zero-order valence-corrected chi connectivity index (χ0v) is 8.10. The summed E-state index contributed by atoms with van der Waals surface area (Å²) in [5.41, 5.74) is 0. The molecule has 0 atom stereocenters. The highest BCUT2D eigenvalue weighted by Crippen LogP contribution is 1.71. The highest BCUT2D eigenvalue weighted by Gasteiger charge is 1.93. The first kappa shape index (κ1) is 18.2. The summed E-state index contributed by atoms with van der Waals surface area (Å²) in [5.74, 6) is -0.833. The monoisotopic (exact) mass is 198 g/mol. The number of aliphatic hydroxyl groups excluding tert-OH is 3. The van der Waals surface area contributed by atoms with Gasteiger partial charge < -0.3 is 25.2 Å². The second kappa shape index (κ2) is 17.4. The lowest BCUT2D eigenvalue weighted by atomic mass is 10.4. The van der Waals surface area contributed by atoms with Gasteiger partial charge in [0.25, 0.3) is 5.97 Å². The third-order valence-electron chi connectivity index (χ3n) is 0.421. The van der Waals surface area contributed by atoms with Crippen molar-refractivity contribution >= 4 is 5.97 Å². The zero-order chi connectivity index (χ0) is 11.3. The van der Waals surface area contributed by atoms with Crippen molar-refractivity contribution in [3.05, 3.63) is 0 Å². The maximum atomic E-state index is 9.00. The molecule has 6 heteroatoms.